The Morgan fingerprint density at radius 3 is 0.794 bits per heavy atom. The maximum atomic E-state index is 7.33. The highest BCUT2D eigenvalue weighted by atomic mass is 35.5. The molecule has 0 aromatic carbocycles. The summed E-state index contributed by atoms with van der Waals surface area (Å²) in [4.78, 5) is -5.11. The van der Waals surface area contributed by atoms with E-state index in [1.807, 2.05) is 0 Å². The van der Waals surface area contributed by atoms with E-state index < -0.39 is 31.1 Å². The van der Waals surface area contributed by atoms with Gasteiger partial charge >= 0.3 is 0 Å². The van der Waals surface area contributed by atoms with Crippen LogP contribution < -0.4 is 0 Å². The summed E-state index contributed by atoms with van der Waals surface area (Å²) in [5, 5.41) is 0.998. The zero-order chi connectivity index (χ0) is 25.3. The Morgan fingerprint density at radius 2 is 0.647 bits per heavy atom. The number of hydrogen-bond donors (Lipinski definition) is 0. The summed E-state index contributed by atoms with van der Waals surface area (Å²) in [5.74, 6) is -3.76. The predicted octanol–water partition coefficient (Wildman–Crippen LogP) is 7.35. The Hall–Kier alpha value is 1.64. The van der Waals surface area contributed by atoms with Crippen molar-refractivity contribution in [2.24, 2.45) is 23.7 Å². The Bertz CT molecular complexity index is 849. The lowest BCUT2D eigenvalue weighted by atomic mass is 9.67. The highest BCUT2D eigenvalue weighted by molar-refractivity contribution is 6.53. The number of rotatable bonds is 4. The predicted molar refractivity (Wildman–Crippen MR) is 138 cm³/mol. The lowest BCUT2D eigenvalue weighted by Gasteiger charge is -2.43. The van der Waals surface area contributed by atoms with Gasteiger partial charge in [-0.3, -0.25) is 0 Å². The molecule has 0 unspecified atom stereocenters. The topological polar surface area (TPSA) is 36.9 Å². The molecule has 0 amide bonds. The molecule has 0 radical (unpaired) electrons. The van der Waals surface area contributed by atoms with E-state index >= 15 is 0 Å². The van der Waals surface area contributed by atoms with Crippen LogP contribution in [0.2, 0.25) is 0 Å². The Morgan fingerprint density at radius 1 is 0.471 bits per heavy atom. The molecule has 4 bridgehead atoms. The number of ether oxygens (including phenoxy) is 4. The van der Waals surface area contributed by atoms with Crippen molar-refractivity contribution in [2.75, 3.05) is 28.4 Å². The first kappa shape index (κ1) is 27.2. The molecule has 3 fully saturated rings. The molecule has 0 saturated heterocycles. The van der Waals surface area contributed by atoms with Gasteiger partial charge in [0.05, 0.1) is 20.1 Å². The SMILES string of the molecule is COC1(OC)[C@@]2(Cl)C(Cl)=C(Cl)[C@]1(Cl)[C@@H]1CC[C@@H]3[C@H](CC[C@@H]12)[C@]1(Cl)C(Cl)=C(Cl)[C@@]3(Cl)C1(OC)OC. The van der Waals surface area contributed by atoms with Gasteiger partial charge in [-0.2, -0.15) is 0 Å². The van der Waals surface area contributed by atoms with Gasteiger partial charge in [-0.15, -0.1) is 46.4 Å². The van der Waals surface area contributed by atoms with Gasteiger partial charge in [0.15, 0.2) is 0 Å². The first-order valence-corrected chi connectivity index (χ1v) is 13.9. The Labute approximate surface area is 239 Å². The molecule has 8 atom stereocenters. The smallest absolute Gasteiger partial charge is 0.217 e. The molecule has 0 aromatic rings. The maximum absolute atomic E-state index is 7.33. The average molecular weight is 636 g/mol. The van der Waals surface area contributed by atoms with Gasteiger partial charge in [0.1, 0.15) is 19.5 Å². The van der Waals surface area contributed by atoms with E-state index in [2.05, 4.69) is 0 Å². The van der Waals surface area contributed by atoms with E-state index in [-0.39, 0.29) is 43.8 Å². The van der Waals surface area contributed by atoms with Crippen molar-refractivity contribution in [2.45, 2.75) is 56.8 Å². The zero-order valence-corrected chi connectivity index (χ0v) is 24.8. The van der Waals surface area contributed by atoms with E-state index in [1.54, 1.807) is 0 Å². The largest absolute Gasteiger partial charge is 0.350 e. The van der Waals surface area contributed by atoms with Crippen molar-refractivity contribution in [3.05, 3.63) is 20.1 Å². The van der Waals surface area contributed by atoms with Crippen LogP contribution in [0.1, 0.15) is 25.7 Å². The van der Waals surface area contributed by atoms with E-state index in [0.29, 0.717) is 25.7 Å². The summed E-state index contributed by atoms with van der Waals surface area (Å²) in [6.07, 6.45) is 2.35. The van der Waals surface area contributed by atoms with E-state index in [4.69, 9.17) is 112 Å². The van der Waals surface area contributed by atoms with E-state index in [9.17, 15) is 0 Å². The molecule has 34 heavy (non-hydrogen) atoms. The minimum absolute atomic E-state index is 0.217. The molecule has 5 rings (SSSR count). The molecular formula is C22H24Cl8O4. The van der Waals surface area contributed by atoms with Crippen LogP contribution in [0.4, 0.5) is 0 Å². The zero-order valence-electron chi connectivity index (χ0n) is 18.8. The lowest BCUT2D eigenvalue weighted by molar-refractivity contribution is -0.222. The summed E-state index contributed by atoms with van der Waals surface area (Å²) in [7, 11) is 6.01. The molecule has 0 N–H and O–H groups in total. The normalized spacial score (nSPS) is 50.5. The molecule has 12 heteroatoms. The minimum Gasteiger partial charge on any atom is -0.350 e. The lowest BCUT2D eigenvalue weighted by Crippen LogP contribution is -2.58. The van der Waals surface area contributed by atoms with Crippen molar-refractivity contribution in [1.82, 2.24) is 0 Å². The van der Waals surface area contributed by atoms with Crippen LogP contribution in [0.5, 0.6) is 0 Å². The van der Waals surface area contributed by atoms with Crippen LogP contribution >= 0.6 is 92.8 Å². The van der Waals surface area contributed by atoms with Crippen molar-refractivity contribution < 1.29 is 18.9 Å². The molecule has 192 valence electrons. The minimum atomic E-state index is -1.45. The van der Waals surface area contributed by atoms with Gasteiger partial charge in [-0.1, -0.05) is 46.4 Å². The molecule has 3 saturated carbocycles. The molecule has 0 spiro atoms. The number of methoxy groups -OCH3 is 4. The number of hydrogen-bond acceptors (Lipinski definition) is 4. The van der Waals surface area contributed by atoms with Gasteiger partial charge in [-0.25, -0.2) is 0 Å². The summed E-state index contributed by atoms with van der Waals surface area (Å²) >= 11 is 56.3. The standard InChI is InChI=1S/C22H24Cl8O4/c1-31-21(32-2)17(27)9-5-7-11-12(8-6-10(9)18(21,28)14(24)13(17)23)20(30)16(26)15(25)19(11,29)22(20,33-3)34-4/h9-12H,5-8H2,1-4H3/t9-,10+,11-,12+,17-,18+,19-,20+. The first-order valence-electron chi connectivity index (χ1n) is 10.9. The van der Waals surface area contributed by atoms with Gasteiger partial charge in [0.25, 0.3) is 0 Å². The number of alkyl halides is 4. The third-order valence-corrected chi connectivity index (χ3v) is 14.7. The van der Waals surface area contributed by atoms with Crippen molar-refractivity contribution in [3.8, 4) is 0 Å². The van der Waals surface area contributed by atoms with Gasteiger partial charge in [-0.05, 0) is 49.4 Å². The van der Waals surface area contributed by atoms with Gasteiger partial charge in [0.2, 0.25) is 11.6 Å². The van der Waals surface area contributed by atoms with Crippen LogP contribution in [0.15, 0.2) is 20.1 Å². The number of fused-ring (bicyclic) bond motifs is 10. The van der Waals surface area contributed by atoms with Crippen LogP contribution in [-0.4, -0.2) is 59.5 Å². The first-order chi connectivity index (χ1) is 15.8. The molecule has 5 aliphatic rings. The van der Waals surface area contributed by atoms with Crippen LogP contribution in [-0.2, 0) is 18.9 Å². The highest BCUT2D eigenvalue weighted by Gasteiger charge is 2.87. The summed E-state index contributed by atoms with van der Waals surface area (Å²) in [6, 6.07) is 0. The molecule has 0 aromatic heterocycles. The van der Waals surface area contributed by atoms with Crippen LogP contribution in [0, 0.1) is 23.7 Å². The van der Waals surface area contributed by atoms with E-state index in [1.165, 1.54) is 28.4 Å². The fraction of sp³-hybridized carbons (Fsp3) is 0.818. The van der Waals surface area contributed by atoms with Crippen molar-refractivity contribution in [1.29, 1.82) is 0 Å². The fourth-order valence-corrected chi connectivity index (χ4v) is 12.7. The fourth-order valence-electron chi connectivity index (χ4n) is 8.16. The second-order valence-corrected chi connectivity index (χ2v) is 13.6. The quantitative estimate of drug-likeness (QED) is 0.239. The molecule has 5 aliphatic carbocycles. The van der Waals surface area contributed by atoms with Crippen LogP contribution in [0.25, 0.3) is 0 Å². The Kier molecular flexibility index (Phi) is 6.47. The molecular weight excluding hydrogens is 612 g/mol. The third-order valence-electron chi connectivity index (χ3n) is 9.32. The second-order valence-electron chi connectivity index (χ2n) is 9.73. The summed E-state index contributed by atoms with van der Waals surface area (Å²) in [6.45, 7) is 0. The Balaban J connectivity index is 1.64. The molecule has 0 aliphatic heterocycles. The monoisotopic (exact) mass is 632 g/mol. The van der Waals surface area contributed by atoms with Crippen molar-refractivity contribution in [3.63, 3.8) is 0 Å². The average Bonchev–Trinajstić information content (AvgIpc) is 3.19. The van der Waals surface area contributed by atoms with Crippen LogP contribution in [0.3, 0.4) is 0 Å². The second kappa shape index (κ2) is 8.08. The molecule has 4 nitrogen and oxygen atoms in total. The highest BCUT2D eigenvalue weighted by Crippen LogP contribution is 2.79. The summed E-state index contributed by atoms with van der Waals surface area (Å²) < 4.78 is 23.6. The maximum Gasteiger partial charge on any atom is 0.217 e. The number of halogens is 8. The van der Waals surface area contributed by atoms with Gasteiger partial charge < -0.3 is 18.9 Å². The third kappa shape index (κ3) is 2.34. The molecule has 0 heterocycles. The van der Waals surface area contributed by atoms with E-state index in [0.717, 1.165) is 0 Å². The van der Waals surface area contributed by atoms with Crippen molar-refractivity contribution >= 4 is 92.8 Å². The van der Waals surface area contributed by atoms with Gasteiger partial charge in [0, 0.05) is 28.4 Å². The summed E-state index contributed by atoms with van der Waals surface area (Å²) in [5.41, 5.74) is 0.